The summed E-state index contributed by atoms with van der Waals surface area (Å²) in [5.41, 5.74) is 3.79. The van der Waals surface area contributed by atoms with E-state index in [4.69, 9.17) is 0 Å². The van der Waals surface area contributed by atoms with Crippen molar-refractivity contribution in [3.8, 4) is 0 Å². The Morgan fingerprint density at radius 1 is 1.04 bits per heavy atom. The van der Waals surface area contributed by atoms with Crippen LogP contribution in [0.1, 0.15) is 35.3 Å². The molecule has 1 unspecified atom stereocenters. The lowest BCUT2D eigenvalue weighted by atomic mass is 9.99. The second-order valence-electron chi connectivity index (χ2n) is 6.68. The van der Waals surface area contributed by atoms with Crippen molar-refractivity contribution in [3.63, 3.8) is 0 Å². The number of hydrogen-bond donors (Lipinski definition) is 1. The Balaban J connectivity index is 1.98. The van der Waals surface area contributed by atoms with Crippen LogP contribution in [0.3, 0.4) is 0 Å². The third-order valence-electron chi connectivity index (χ3n) is 4.58. The van der Waals surface area contributed by atoms with Crippen LogP contribution in [0.2, 0.25) is 0 Å². The summed E-state index contributed by atoms with van der Waals surface area (Å²) in [5, 5.41) is 10.8. The smallest absolute Gasteiger partial charge is 0.235 e. The van der Waals surface area contributed by atoms with Gasteiger partial charge in [0.1, 0.15) is 6.10 Å². The molecule has 1 heterocycles. The van der Waals surface area contributed by atoms with Crippen molar-refractivity contribution in [3.05, 3.63) is 95.3 Å². The van der Waals surface area contributed by atoms with E-state index in [1.165, 1.54) is 4.31 Å². The van der Waals surface area contributed by atoms with Gasteiger partial charge in [-0.05, 0) is 48.7 Å². The predicted molar refractivity (Wildman–Crippen MR) is 112 cm³/mol. The highest BCUT2D eigenvalue weighted by Crippen LogP contribution is 2.28. The van der Waals surface area contributed by atoms with Crippen LogP contribution >= 0.6 is 0 Å². The molecule has 0 bridgehead atoms. The van der Waals surface area contributed by atoms with E-state index in [9.17, 15) is 13.5 Å². The van der Waals surface area contributed by atoms with E-state index in [1.807, 2.05) is 37.3 Å². The highest BCUT2D eigenvalue weighted by atomic mass is 32.2. The summed E-state index contributed by atoms with van der Waals surface area (Å²) in [6, 6.07) is 18.3. The Hall–Kier alpha value is -2.70. The molecule has 3 rings (SSSR count). The highest BCUT2D eigenvalue weighted by Gasteiger charge is 2.22. The monoisotopic (exact) mass is 396 g/mol. The normalized spacial score (nSPS) is 12.5. The number of rotatable bonds is 7. The number of benzene rings is 2. The van der Waals surface area contributed by atoms with Crippen molar-refractivity contribution in [1.82, 2.24) is 4.98 Å². The minimum Gasteiger partial charge on any atom is -0.384 e. The van der Waals surface area contributed by atoms with Gasteiger partial charge in [-0.1, -0.05) is 48.0 Å². The van der Waals surface area contributed by atoms with E-state index in [2.05, 4.69) is 4.98 Å². The first kappa shape index (κ1) is 20.0. The largest absolute Gasteiger partial charge is 0.384 e. The summed E-state index contributed by atoms with van der Waals surface area (Å²) in [6.07, 6.45) is 2.48. The molecule has 0 radical (unpaired) electrons. The van der Waals surface area contributed by atoms with Crippen molar-refractivity contribution in [2.45, 2.75) is 26.5 Å². The number of anilines is 1. The zero-order valence-electron chi connectivity index (χ0n) is 16.0. The van der Waals surface area contributed by atoms with Gasteiger partial charge in [0.25, 0.3) is 0 Å². The summed E-state index contributed by atoms with van der Waals surface area (Å²) in [6.45, 7) is 3.78. The Morgan fingerprint density at radius 2 is 1.75 bits per heavy atom. The van der Waals surface area contributed by atoms with Crippen molar-refractivity contribution >= 4 is 15.7 Å². The van der Waals surface area contributed by atoms with Gasteiger partial charge in [0.05, 0.1) is 18.0 Å². The SMILES string of the molecule is CCS(=O)(=O)N(Cc1cccnc1)c1cccc(C(O)c2cccc(C)c2)c1. The Labute approximate surface area is 166 Å². The number of nitrogens with zero attached hydrogens (tertiary/aromatic N) is 2. The summed E-state index contributed by atoms with van der Waals surface area (Å²) < 4.78 is 26.9. The van der Waals surface area contributed by atoms with E-state index < -0.39 is 16.1 Å². The zero-order chi connectivity index (χ0) is 20.1. The lowest BCUT2D eigenvalue weighted by Gasteiger charge is -2.25. The van der Waals surface area contributed by atoms with Crippen LogP contribution in [0.15, 0.2) is 73.1 Å². The van der Waals surface area contributed by atoms with E-state index in [-0.39, 0.29) is 12.3 Å². The molecular weight excluding hydrogens is 372 g/mol. The minimum atomic E-state index is -3.50. The molecule has 2 aromatic carbocycles. The highest BCUT2D eigenvalue weighted by molar-refractivity contribution is 7.92. The van der Waals surface area contributed by atoms with E-state index in [0.717, 1.165) is 16.7 Å². The van der Waals surface area contributed by atoms with Crippen LogP contribution in [-0.2, 0) is 16.6 Å². The predicted octanol–water partition coefficient (Wildman–Crippen LogP) is 3.83. The fourth-order valence-corrected chi connectivity index (χ4v) is 4.14. The van der Waals surface area contributed by atoms with Crippen molar-refractivity contribution < 1.29 is 13.5 Å². The molecule has 1 aromatic heterocycles. The van der Waals surface area contributed by atoms with Crippen molar-refractivity contribution in [1.29, 1.82) is 0 Å². The molecule has 0 saturated carbocycles. The molecule has 0 aliphatic heterocycles. The Morgan fingerprint density at radius 3 is 2.39 bits per heavy atom. The molecule has 5 nitrogen and oxygen atoms in total. The molecule has 0 amide bonds. The quantitative estimate of drug-likeness (QED) is 0.659. The lowest BCUT2D eigenvalue weighted by Crippen LogP contribution is -2.32. The Kier molecular flexibility index (Phi) is 6.11. The van der Waals surface area contributed by atoms with Crippen LogP contribution in [0, 0.1) is 6.92 Å². The molecule has 146 valence electrons. The summed E-state index contributed by atoms with van der Waals surface area (Å²) in [5.74, 6) is -0.0159. The van der Waals surface area contributed by atoms with Gasteiger partial charge in [-0.2, -0.15) is 0 Å². The maximum absolute atomic E-state index is 12.7. The van der Waals surface area contributed by atoms with Gasteiger partial charge in [-0.25, -0.2) is 8.42 Å². The van der Waals surface area contributed by atoms with E-state index in [1.54, 1.807) is 49.6 Å². The first-order valence-corrected chi connectivity index (χ1v) is 10.8. The molecule has 0 spiro atoms. The first-order valence-electron chi connectivity index (χ1n) is 9.14. The zero-order valence-corrected chi connectivity index (χ0v) is 16.8. The number of aliphatic hydroxyl groups excluding tert-OH is 1. The van der Waals surface area contributed by atoms with Crippen molar-refractivity contribution in [2.24, 2.45) is 0 Å². The first-order chi connectivity index (χ1) is 13.4. The molecule has 6 heteroatoms. The van der Waals surface area contributed by atoms with Gasteiger partial charge in [-0.15, -0.1) is 0 Å². The number of pyridine rings is 1. The average Bonchev–Trinajstić information content (AvgIpc) is 2.72. The van der Waals surface area contributed by atoms with Gasteiger partial charge in [0.15, 0.2) is 0 Å². The maximum Gasteiger partial charge on any atom is 0.235 e. The molecule has 1 N–H and O–H groups in total. The molecule has 1 atom stereocenters. The number of aliphatic hydroxyl groups is 1. The number of sulfonamides is 1. The molecular formula is C22H24N2O3S. The number of hydrogen-bond acceptors (Lipinski definition) is 4. The third kappa shape index (κ3) is 4.58. The molecule has 0 fully saturated rings. The van der Waals surface area contributed by atoms with Gasteiger partial charge >= 0.3 is 0 Å². The molecule has 0 aliphatic rings. The molecule has 0 aliphatic carbocycles. The van der Waals surface area contributed by atoms with Gasteiger partial charge in [0.2, 0.25) is 10.0 Å². The molecule has 0 saturated heterocycles. The Bertz CT molecular complexity index is 1040. The minimum absolute atomic E-state index is 0.0159. The standard InChI is InChI=1S/C22H24N2O3S/c1-3-28(26,27)24(16-18-8-6-12-23-15-18)21-11-5-10-20(14-21)22(25)19-9-4-7-17(2)13-19/h4-15,22,25H,3,16H2,1-2H3. The molecule has 28 heavy (non-hydrogen) atoms. The maximum atomic E-state index is 12.7. The van der Waals surface area contributed by atoms with Crippen LogP contribution in [0.25, 0.3) is 0 Å². The van der Waals surface area contributed by atoms with Crippen molar-refractivity contribution in [2.75, 3.05) is 10.1 Å². The number of aryl methyl sites for hydroxylation is 1. The lowest BCUT2D eigenvalue weighted by molar-refractivity contribution is 0.220. The summed E-state index contributed by atoms with van der Waals surface area (Å²) >= 11 is 0. The van der Waals surface area contributed by atoms with Gasteiger partial charge in [0, 0.05) is 12.4 Å². The van der Waals surface area contributed by atoms with Gasteiger partial charge in [-0.3, -0.25) is 9.29 Å². The van der Waals surface area contributed by atoms with E-state index in [0.29, 0.717) is 11.3 Å². The molecule has 3 aromatic rings. The van der Waals surface area contributed by atoms with Crippen LogP contribution in [-0.4, -0.2) is 24.3 Å². The topological polar surface area (TPSA) is 70.5 Å². The summed E-state index contributed by atoms with van der Waals surface area (Å²) in [7, 11) is -3.50. The van der Waals surface area contributed by atoms with Crippen LogP contribution in [0.5, 0.6) is 0 Å². The number of aromatic nitrogens is 1. The average molecular weight is 397 g/mol. The van der Waals surface area contributed by atoms with Gasteiger partial charge < -0.3 is 5.11 Å². The second kappa shape index (κ2) is 8.54. The second-order valence-corrected chi connectivity index (χ2v) is 8.86. The third-order valence-corrected chi connectivity index (χ3v) is 6.32. The van der Waals surface area contributed by atoms with Crippen LogP contribution in [0.4, 0.5) is 5.69 Å². The fourth-order valence-electron chi connectivity index (χ4n) is 3.05. The fraction of sp³-hybridized carbons (Fsp3) is 0.227. The van der Waals surface area contributed by atoms with E-state index >= 15 is 0 Å². The van der Waals surface area contributed by atoms with Crippen LogP contribution < -0.4 is 4.31 Å². The summed E-state index contributed by atoms with van der Waals surface area (Å²) in [4.78, 5) is 4.07.